The SMILES string of the molecule is CCCCC/C=C\C/C=C\CCCCCCCC(=O)OC(CCC/C=C\C/C=C\CCCCCCC)CCCCCCCC(=O)O. The summed E-state index contributed by atoms with van der Waals surface area (Å²) in [6.07, 6.45) is 49.8. The number of esters is 1. The van der Waals surface area contributed by atoms with E-state index in [1.54, 1.807) is 0 Å². The zero-order valence-electron chi connectivity index (χ0n) is 30.4. The van der Waals surface area contributed by atoms with E-state index in [1.807, 2.05) is 0 Å². The Labute approximate surface area is 285 Å². The van der Waals surface area contributed by atoms with Crippen LogP contribution in [-0.2, 0) is 14.3 Å². The molecule has 0 radical (unpaired) electrons. The minimum atomic E-state index is -0.709. The average molecular weight is 643 g/mol. The van der Waals surface area contributed by atoms with Crippen LogP contribution in [-0.4, -0.2) is 23.1 Å². The highest BCUT2D eigenvalue weighted by molar-refractivity contribution is 5.69. The van der Waals surface area contributed by atoms with Crippen LogP contribution in [0.5, 0.6) is 0 Å². The lowest BCUT2D eigenvalue weighted by Crippen LogP contribution is -2.18. The summed E-state index contributed by atoms with van der Waals surface area (Å²) in [5.74, 6) is -0.744. The van der Waals surface area contributed by atoms with Crippen molar-refractivity contribution < 1.29 is 19.4 Å². The van der Waals surface area contributed by atoms with E-state index in [0.717, 1.165) is 89.9 Å². The van der Waals surface area contributed by atoms with E-state index in [0.29, 0.717) is 6.42 Å². The predicted octanol–water partition coefficient (Wildman–Crippen LogP) is 13.6. The van der Waals surface area contributed by atoms with Crippen LogP contribution in [0, 0.1) is 0 Å². The van der Waals surface area contributed by atoms with E-state index in [4.69, 9.17) is 9.84 Å². The van der Waals surface area contributed by atoms with Gasteiger partial charge in [-0.3, -0.25) is 9.59 Å². The number of ether oxygens (including phenoxy) is 1. The van der Waals surface area contributed by atoms with Crippen LogP contribution in [0.4, 0.5) is 0 Å². The third-order valence-electron chi connectivity index (χ3n) is 8.52. The minimum absolute atomic E-state index is 0.00509. The van der Waals surface area contributed by atoms with Crippen LogP contribution in [0.15, 0.2) is 48.6 Å². The van der Waals surface area contributed by atoms with Gasteiger partial charge in [-0.2, -0.15) is 0 Å². The number of carbonyl (C=O) groups is 2. The van der Waals surface area contributed by atoms with E-state index in [1.165, 1.54) is 83.5 Å². The molecular formula is C42H74O4. The molecule has 0 heterocycles. The summed E-state index contributed by atoms with van der Waals surface area (Å²) in [5.41, 5.74) is 0. The highest BCUT2D eigenvalue weighted by Gasteiger charge is 2.14. The summed E-state index contributed by atoms with van der Waals surface area (Å²) in [7, 11) is 0. The first-order chi connectivity index (χ1) is 22.6. The Morgan fingerprint density at radius 2 is 0.870 bits per heavy atom. The van der Waals surface area contributed by atoms with E-state index in [2.05, 4.69) is 62.5 Å². The maximum Gasteiger partial charge on any atom is 0.306 e. The van der Waals surface area contributed by atoms with Gasteiger partial charge < -0.3 is 9.84 Å². The molecule has 4 heteroatoms. The Bertz CT molecular complexity index is 779. The molecule has 266 valence electrons. The average Bonchev–Trinajstić information content (AvgIpc) is 3.04. The second-order valence-electron chi connectivity index (χ2n) is 13.1. The Morgan fingerprint density at radius 1 is 0.478 bits per heavy atom. The van der Waals surface area contributed by atoms with Gasteiger partial charge in [-0.05, 0) is 96.3 Å². The van der Waals surface area contributed by atoms with Gasteiger partial charge in [0.1, 0.15) is 6.10 Å². The minimum Gasteiger partial charge on any atom is -0.481 e. The van der Waals surface area contributed by atoms with Gasteiger partial charge in [0.15, 0.2) is 0 Å². The molecule has 0 fully saturated rings. The number of rotatable bonds is 35. The monoisotopic (exact) mass is 643 g/mol. The fourth-order valence-corrected chi connectivity index (χ4v) is 5.60. The van der Waals surface area contributed by atoms with Crippen molar-refractivity contribution in [2.45, 2.75) is 206 Å². The van der Waals surface area contributed by atoms with E-state index < -0.39 is 5.97 Å². The first-order valence-electron chi connectivity index (χ1n) is 19.6. The van der Waals surface area contributed by atoms with Crippen LogP contribution >= 0.6 is 0 Å². The topological polar surface area (TPSA) is 63.6 Å². The summed E-state index contributed by atoms with van der Waals surface area (Å²) in [4.78, 5) is 23.4. The molecular weight excluding hydrogens is 568 g/mol. The van der Waals surface area contributed by atoms with Crippen molar-refractivity contribution >= 4 is 11.9 Å². The maximum absolute atomic E-state index is 12.6. The highest BCUT2D eigenvalue weighted by atomic mass is 16.5. The smallest absolute Gasteiger partial charge is 0.306 e. The van der Waals surface area contributed by atoms with E-state index in [-0.39, 0.29) is 18.5 Å². The van der Waals surface area contributed by atoms with Crippen molar-refractivity contribution in [3.63, 3.8) is 0 Å². The molecule has 4 nitrogen and oxygen atoms in total. The van der Waals surface area contributed by atoms with Gasteiger partial charge in [0.05, 0.1) is 0 Å². The number of unbranched alkanes of at least 4 members (excludes halogenated alkanes) is 18. The van der Waals surface area contributed by atoms with Gasteiger partial charge in [0.25, 0.3) is 0 Å². The number of hydrogen-bond acceptors (Lipinski definition) is 3. The lowest BCUT2D eigenvalue weighted by atomic mass is 10.0. The normalized spacial score (nSPS) is 12.7. The third-order valence-corrected chi connectivity index (χ3v) is 8.52. The fourth-order valence-electron chi connectivity index (χ4n) is 5.60. The molecule has 0 spiro atoms. The van der Waals surface area contributed by atoms with E-state index >= 15 is 0 Å². The van der Waals surface area contributed by atoms with Crippen molar-refractivity contribution in [1.82, 2.24) is 0 Å². The zero-order valence-corrected chi connectivity index (χ0v) is 30.4. The predicted molar refractivity (Wildman–Crippen MR) is 199 cm³/mol. The molecule has 0 aromatic rings. The molecule has 0 aliphatic rings. The summed E-state index contributed by atoms with van der Waals surface area (Å²) < 4.78 is 5.97. The molecule has 0 rings (SSSR count). The Balaban J connectivity index is 4.16. The van der Waals surface area contributed by atoms with Crippen LogP contribution in [0.25, 0.3) is 0 Å². The summed E-state index contributed by atoms with van der Waals surface area (Å²) >= 11 is 0. The first-order valence-corrected chi connectivity index (χ1v) is 19.6. The van der Waals surface area contributed by atoms with Crippen LogP contribution in [0.1, 0.15) is 200 Å². The number of allylic oxidation sites excluding steroid dienone is 8. The molecule has 1 N–H and O–H groups in total. The molecule has 0 saturated carbocycles. The third kappa shape index (κ3) is 36.4. The second kappa shape index (κ2) is 37.4. The van der Waals surface area contributed by atoms with Crippen LogP contribution < -0.4 is 0 Å². The van der Waals surface area contributed by atoms with Crippen molar-refractivity contribution in [2.75, 3.05) is 0 Å². The van der Waals surface area contributed by atoms with Gasteiger partial charge in [-0.15, -0.1) is 0 Å². The van der Waals surface area contributed by atoms with Crippen LogP contribution in [0.3, 0.4) is 0 Å². The molecule has 1 unspecified atom stereocenters. The summed E-state index contributed by atoms with van der Waals surface area (Å²) in [5, 5.41) is 8.81. The van der Waals surface area contributed by atoms with Gasteiger partial charge in [0.2, 0.25) is 0 Å². The lowest BCUT2D eigenvalue weighted by Gasteiger charge is -2.18. The molecule has 0 aliphatic carbocycles. The largest absolute Gasteiger partial charge is 0.481 e. The van der Waals surface area contributed by atoms with Gasteiger partial charge in [-0.1, -0.05) is 140 Å². The summed E-state index contributed by atoms with van der Waals surface area (Å²) in [6, 6.07) is 0. The van der Waals surface area contributed by atoms with Crippen molar-refractivity contribution in [3.8, 4) is 0 Å². The van der Waals surface area contributed by atoms with Crippen molar-refractivity contribution in [2.24, 2.45) is 0 Å². The summed E-state index contributed by atoms with van der Waals surface area (Å²) in [6.45, 7) is 4.50. The number of carbonyl (C=O) groups excluding carboxylic acids is 1. The molecule has 0 amide bonds. The number of hydrogen-bond donors (Lipinski definition) is 1. The quantitative estimate of drug-likeness (QED) is 0.0424. The number of aliphatic carboxylic acids is 1. The van der Waals surface area contributed by atoms with Crippen molar-refractivity contribution in [1.29, 1.82) is 0 Å². The molecule has 0 aromatic carbocycles. The molecule has 0 aliphatic heterocycles. The molecule has 0 bridgehead atoms. The molecule has 0 aromatic heterocycles. The van der Waals surface area contributed by atoms with Crippen LogP contribution in [0.2, 0.25) is 0 Å². The molecule has 1 atom stereocenters. The standard InChI is InChI=1S/C42H74O4/c1-3-5-7-9-11-13-15-17-18-20-22-24-26-31-35-39-42(45)46-40(37-33-29-27-30-34-38-41(43)44)36-32-28-25-23-21-19-16-14-12-10-8-6-4-2/h11,13,16-19,23,25,40H,3-10,12,14-15,20-22,24,26-39H2,1-2H3,(H,43,44)/b13-11-,18-17-,19-16-,25-23-. The Morgan fingerprint density at radius 3 is 1.41 bits per heavy atom. The van der Waals surface area contributed by atoms with Gasteiger partial charge >= 0.3 is 11.9 Å². The maximum atomic E-state index is 12.6. The fraction of sp³-hybridized carbons (Fsp3) is 0.762. The number of carboxylic acid groups (broad SMARTS) is 1. The van der Waals surface area contributed by atoms with E-state index in [9.17, 15) is 9.59 Å². The number of carboxylic acids is 1. The Hall–Kier alpha value is -2.10. The second-order valence-corrected chi connectivity index (χ2v) is 13.1. The first kappa shape index (κ1) is 43.9. The molecule has 46 heavy (non-hydrogen) atoms. The molecule has 0 saturated heterocycles. The van der Waals surface area contributed by atoms with Gasteiger partial charge in [0, 0.05) is 12.8 Å². The zero-order chi connectivity index (χ0) is 33.6. The van der Waals surface area contributed by atoms with Crippen molar-refractivity contribution in [3.05, 3.63) is 48.6 Å². The highest BCUT2D eigenvalue weighted by Crippen LogP contribution is 2.17. The lowest BCUT2D eigenvalue weighted by molar-refractivity contribution is -0.150. The van der Waals surface area contributed by atoms with Gasteiger partial charge in [-0.25, -0.2) is 0 Å². The Kier molecular flexibility index (Phi) is 35.7.